The van der Waals surface area contributed by atoms with Gasteiger partial charge in [0.25, 0.3) is 0 Å². The second-order valence-corrected chi connectivity index (χ2v) is 6.31. The topological polar surface area (TPSA) is 0 Å². The van der Waals surface area contributed by atoms with Crippen molar-refractivity contribution in [3.8, 4) is 0 Å². The summed E-state index contributed by atoms with van der Waals surface area (Å²) in [6.07, 6.45) is 3.66. The smallest absolute Gasteiger partial charge is 0.00243 e. The maximum atomic E-state index is 2.30. The van der Waals surface area contributed by atoms with Crippen molar-refractivity contribution in [3.05, 3.63) is 11.5 Å². The lowest BCUT2D eigenvalue weighted by molar-refractivity contribution is 1.11. The third-order valence-electron chi connectivity index (χ3n) is 1.09. The molecule has 0 N–H and O–H groups in total. The van der Waals surface area contributed by atoms with Gasteiger partial charge in [0.05, 0.1) is 0 Å². The molecular weight excluding hydrogens is 136 g/mol. The van der Waals surface area contributed by atoms with Crippen molar-refractivity contribution in [1.29, 1.82) is 0 Å². The third kappa shape index (κ3) is 1.75. The molecule has 1 heterocycles. The lowest BCUT2D eigenvalue weighted by Crippen LogP contribution is -1.80. The zero-order chi connectivity index (χ0) is 5.82. The summed E-state index contributed by atoms with van der Waals surface area (Å²) in [5, 5.41) is 2.25. The van der Waals surface area contributed by atoms with E-state index in [0.717, 1.165) is 0 Å². The molecule has 2 heteroatoms. The first-order chi connectivity index (χ1) is 3.93. The molecule has 0 fully saturated rings. The van der Waals surface area contributed by atoms with E-state index in [-0.39, 0.29) is 0 Å². The molecule has 0 radical (unpaired) electrons. The van der Waals surface area contributed by atoms with Crippen LogP contribution in [-0.2, 0) is 0 Å². The van der Waals surface area contributed by atoms with Crippen LogP contribution in [0.25, 0.3) is 0 Å². The lowest BCUT2D eigenvalue weighted by Gasteiger charge is -2.09. The molecule has 0 aliphatic carbocycles. The normalized spacial score (nSPS) is 31.4. The highest BCUT2D eigenvalue weighted by molar-refractivity contribution is 8.86. The van der Waals surface area contributed by atoms with E-state index in [1.165, 1.54) is 17.9 Å². The molecule has 0 bridgehead atoms. The van der Waals surface area contributed by atoms with E-state index in [4.69, 9.17) is 0 Å². The van der Waals surface area contributed by atoms with Crippen molar-refractivity contribution >= 4 is 20.7 Å². The molecule has 1 unspecified atom stereocenters. The molecule has 48 valence electrons. The highest BCUT2D eigenvalue weighted by atomic mass is 33.1. The summed E-state index contributed by atoms with van der Waals surface area (Å²) in [6, 6.07) is 0. The van der Waals surface area contributed by atoms with E-state index >= 15 is 0 Å². The van der Waals surface area contributed by atoms with Gasteiger partial charge in [-0.25, -0.2) is 0 Å². The SMILES string of the molecule is CCC[SH]1CC=CS1. The highest BCUT2D eigenvalue weighted by Gasteiger charge is 2.02. The number of hydrogen-bond acceptors (Lipinski definition) is 1. The standard InChI is InChI=1S/C6H12S2/c1-2-5-8-6-3-4-7-8/h3-4,8H,2,5-6H2,1H3. The number of thiol groups is 1. The van der Waals surface area contributed by atoms with Gasteiger partial charge in [-0.15, -0.1) is 0 Å². The molecule has 0 aromatic carbocycles. The van der Waals surface area contributed by atoms with E-state index in [1.54, 1.807) is 0 Å². The molecule has 0 aromatic rings. The summed E-state index contributed by atoms with van der Waals surface area (Å²) in [7, 11) is 2.41. The van der Waals surface area contributed by atoms with E-state index in [9.17, 15) is 0 Å². The Balaban J connectivity index is 2.10. The fourth-order valence-corrected chi connectivity index (χ4v) is 4.59. The first-order valence-corrected chi connectivity index (χ1v) is 6.20. The van der Waals surface area contributed by atoms with Gasteiger partial charge < -0.3 is 0 Å². The Bertz CT molecular complexity index is 80.5. The maximum Gasteiger partial charge on any atom is 0.00243 e. The molecule has 8 heavy (non-hydrogen) atoms. The van der Waals surface area contributed by atoms with Crippen molar-refractivity contribution in [2.75, 3.05) is 11.5 Å². The van der Waals surface area contributed by atoms with Crippen LogP contribution in [0.2, 0.25) is 0 Å². The lowest BCUT2D eigenvalue weighted by atomic mass is 10.6. The summed E-state index contributed by atoms with van der Waals surface area (Å²) in [6.45, 7) is 2.27. The van der Waals surface area contributed by atoms with Crippen LogP contribution in [0.15, 0.2) is 11.5 Å². The van der Waals surface area contributed by atoms with E-state index in [0.29, 0.717) is 9.93 Å². The number of hydrogen-bond donors (Lipinski definition) is 1. The van der Waals surface area contributed by atoms with Crippen molar-refractivity contribution in [2.45, 2.75) is 13.3 Å². The maximum absolute atomic E-state index is 2.30. The molecule has 0 amide bonds. The highest BCUT2D eigenvalue weighted by Crippen LogP contribution is 2.45. The van der Waals surface area contributed by atoms with Crippen molar-refractivity contribution in [3.63, 3.8) is 0 Å². The van der Waals surface area contributed by atoms with Gasteiger partial charge in [0.2, 0.25) is 0 Å². The average Bonchev–Trinajstić information content (AvgIpc) is 2.19. The Labute approximate surface area is 57.5 Å². The zero-order valence-electron chi connectivity index (χ0n) is 5.13. The molecule has 1 aliphatic rings. The molecular formula is C6H12S2. The van der Waals surface area contributed by atoms with Crippen LogP contribution in [-0.4, -0.2) is 11.5 Å². The first kappa shape index (κ1) is 6.56. The fraction of sp³-hybridized carbons (Fsp3) is 0.667. The van der Waals surface area contributed by atoms with Crippen LogP contribution in [0.1, 0.15) is 13.3 Å². The minimum atomic E-state index is 0.360. The Morgan fingerprint density at radius 3 is 3.12 bits per heavy atom. The molecule has 0 saturated heterocycles. The molecule has 0 spiro atoms. The van der Waals surface area contributed by atoms with Crippen LogP contribution < -0.4 is 0 Å². The molecule has 0 aromatic heterocycles. The summed E-state index contributed by atoms with van der Waals surface area (Å²) < 4.78 is 0. The van der Waals surface area contributed by atoms with Gasteiger partial charge in [-0.1, -0.05) is 23.8 Å². The van der Waals surface area contributed by atoms with Crippen LogP contribution in [0.4, 0.5) is 0 Å². The van der Waals surface area contributed by atoms with Gasteiger partial charge in [-0.2, -0.15) is 9.93 Å². The largest absolute Gasteiger partial charge is 0.197 e. The van der Waals surface area contributed by atoms with Gasteiger partial charge >= 0.3 is 0 Å². The van der Waals surface area contributed by atoms with Crippen molar-refractivity contribution in [1.82, 2.24) is 0 Å². The third-order valence-corrected chi connectivity index (χ3v) is 5.52. The molecule has 0 nitrogen and oxygen atoms in total. The van der Waals surface area contributed by atoms with Gasteiger partial charge in [0.15, 0.2) is 0 Å². The van der Waals surface area contributed by atoms with Crippen molar-refractivity contribution < 1.29 is 0 Å². The molecule has 0 saturated carbocycles. The molecule has 1 aliphatic heterocycles. The fourth-order valence-electron chi connectivity index (χ4n) is 0.726. The van der Waals surface area contributed by atoms with Gasteiger partial charge in [-0.05, 0) is 17.6 Å². The van der Waals surface area contributed by atoms with Crippen LogP contribution in [0.3, 0.4) is 0 Å². The van der Waals surface area contributed by atoms with Crippen LogP contribution >= 0.6 is 20.7 Å². The second kappa shape index (κ2) is 3.46. The Kier molecular flexibility index (Phi) is 2.84. The first-order valence-electron chi connectivity index (χ1n) is 3.00. The Hall–Kier alpha value is 0.440. The van der Waals surface area contributed by atoms with Gasteiger partial charge in [0.1, 0.15) is 0 Å². The van der Waals surface area contributed by atoms with Gasteiger partial charge in [0, 0.05) is 5.75 Å². The Morgan fingerprint density at radius 1 is 1.75 bits per heavy atom. The molecule has 1 rings (SSSR count). The minimum absolute atomic E-state index is 0.360. The summed E-state index contributed by atoms with van der Waals surface area (Å²) in [5.74, 6) is 2.82. The minimum Gasteiger partial charge on any atom is -0.197 e. The van der Waals surface area contributed by atoms with E-state index in [1.807, 2.05) is 0 Å². The summed E-state index contributed by atoms with van der Waals surface area (Å²) in [5.41, 5.74) is 0. The predicted octanol–water partition coefficient (Wildman–Crippen LogP) is 2.57. The predicted molar refractivity (Wildman–Crippen MR) is 45.7 cm³/mol. The van der Waals surface area contributed by atoms with E-state index in [2.05, 4.69) is 29.2 Å². The second-order valence-electron chi connectivity index (χ2n) is 1.87. The summed E-state index contributed by atoms with van der Waals surface area (Å²) in [4.78, 5) is 0. The zero-order valence-corrected chi connectivity index (χ0v) is 6.84. The van der Waals surface area contributed by atoms with E-state index < -0.39 is 0 Å². The number of rotatable bonds is 2. The molecule has 1 atom stereocenters. The Morgan fingerprint density at radius 2 is 2.62 bits per heavy atom. The average molecular weight is 148 g/mol. The quantitative estimate of drug-likeness (QED) is 0.464. The van der Waals surface area contributed by atoms with Crippen LogP contribution in [0.5, 0.6) is 0 Å². The van der Waals surface area contributed by atoms with Gasteiger partial charge in [-0.3, -0.25) is 0 Å². The summed E-state index contributed by atoms with van der Waals surface area (Å²) >= 11 is 0. The van der Waals surface area contributed by atoms with Crippen molar-refractivity contribution in [2.24, 2.45) is 0 Å². The van der Waals surface area contributed by atoms with Crippen LogP contribution in [0, 0.1) is 0 Å². The monoisotopic (exact) mass is 148 g/mol.